The molecular formula is C22H19N5O2. The zero-order chi connectivity index (χ0) is 20.1. The third kappa shape index (κ3) is 2.70. The van der Waals surface area contributed by atoms with E-state index in [2.05, 4.69) is 15.0 Å². The highest BCUT2D eigenvalue weighted by Gasteiger charge is 2.15. The molecule has 0 aliphatic heterocycles. The summed E-state index contributed by atoms with van der Waals surface area (Å²) in [5.41, 5.74) is 6.10. The Morgan fingerprint density at radius 3 is 2.62 bits per heavy atom. The molecule has 0 aliphatic rings. The molecule has 0 spiro atoms. The van der Waals surface area contributed by atoms with Gasteiger partial charge in [-0.25, -0.2) is 19.3 Å². The van der Waals surface area contributed by atoms with Gasteiger partial charge in [-0.3, -0.25) is 4.98 Å². The average molecular weight is 385 g/mol. The molecule has 0 unspecified atom stereocenters. The third-order valence-corrected chi connectivity index (χ3v) is 5.15. The molecule has 2 N–H and O–H groups in total. The van der Waals surface area contributed by atoms with Crippen molar-refractivity contribution in [3.05, 3.63) is 70.4 Å². The fraction of sp³-hybridized carbons (Fsp3) is 0.136. The molecular weight excluding hydrogens is 366 g/mol. The number of aromatic nitrogens is 5. The van der Waals surface area contributed by atoms with Gasteiger partial charge in [-0.05, 0) is 61.4 Å². The summed E-state index contributed by atoms with van der Waals surface area (Å²) in [5.74, 6) is 0.862. The Balaban J connectivity index is 1.71. The maximum absolute atomic E-state index is 12.7. The van der Waals surface area contributed by atoms with Crippen LogP contribution in [0.4, 0.5) is 0 Å². The molecule has 0 radical (unpaired) electrons. The first-order valence-electron chi connectivity index (χ1n) is 9.26. The lowest BCUT2D eigenvalue weighted by molar-refractivity contribution is 0.408. The van der Waals surface area contributed by atoms with Crippen molar-refractivity contribution in [2.45, 2.75) is 13.8 Å². The highest BCUT2D eigenvalue weighted by molar-refractivity contribution is 5.82. The molecule has 0 aliphatic carbocycles. The van der Waals surface area contributed by atoms with E-state index in [9.17, 15) is 4.79 Å². The van der Waals surface area contributed by atoms with E-state index < -0.39 is 0 Å². The van der Waals surface area contributed by atoms with E-state index in [4.69, 9.17) is 9.72 Å². The Kier molecular flexibility index (Phi) is 3.77. The van der Waals surface area contributed by atoms with Crippen LogP contribution in [-0.2, 0) is 0 Å². The number of nitrogens with one attached hydrogen (secondary N) is 2. The van der Waals surface area contributed by atoms with Crippen LogP contribution in [0.15, 0.2) is 53.6 Å². The van der Waals surface area contributed by atoms with Crippen molar-refractivity contribution in [1.29, 1.82) is 0 Å². The highest BCUT2D eigenvalue weighted by Crippen LogP contribution is 2.29. The fourth-order valence-electron chi connectivity index (χ4n) is 3.86. The van der Waals surface area contributed by atoms with Gasteiger partial charge in [0.2, 0.25) is 0 Å². The van der Waals surface area contributed by atoms with Crippen molar-refractivity contribution in [2.24, 2.45) is 0 Å². The van der Waals surface area contributed by atoms with E-state index in [0.717, 1.165) is 39.0 Å². The van der Waals surface area contributed by atoms with E-state index in [1.54, 1.807) is 17.9 Å². The fourth-order valence-corrected chi connectivity index (χ4v) is 3.86. The molecule has 2 aromatic carbocycles. The molecule has 3 heterocycles. The molecule has 5 aromatic rings. The summed E-state index contributed by atoms with van der Waals surface area (Å²) < 4.78 is 7.01. The number of nitrogens with zero attached hydrogens (tertiary/aromatic N) is 3. The second-order valence-electron chi connectivity index (χ2n) is 7.09. The summed E-state index contributed by atoms with van der Waals surface area (Å²) in [6.07, 6.45) is 3.55. The van der Waals surface area contributed by atoms with Gasteiger partial charge in [-0.1, -0.05) is 0 Å². The molecule has 3 aromatic heterocycles. The quantitative estimate of drug-likeness (QED) is 0.493. The van der Waals surface area contributed by atoms with Gasteiger partial charge in [0.05, 0.1) is 24.7 Å². The number of hydrogen-bond acceptors (Lipinski definition) is 4. The zero-order valence-electron chi connectivity index (χ0n) is 16.3. The molecule has 29 heavy (non-hydrogen) atoms. The van der Waals surface area contributed by atoms with Crippen LogP contribution in [0.1, 0.15) is 11.1 Å². The average Bonchev–Trinajstić information content (AvgIpc) is 3.29. The lowest BCUT2D eigenvalue weighted by Gasteiger charge is -2.11. The van der Waals surface area contributed by atoms with Gasteiger partial charge in [0.1, 0.15) is 5.75 Å². The van der Waals surface area contributed by atoms with Crippen molar-refractivity contribution in [3.63, 3.8) is 0 Å². The van der Waals surface area contributed by atoms with Crippen molar-refractivity contribution in [2.75, 3.05) is 7.11 Å². The van der Waals surface area contributed by atoms with Gasteiger partial charge < -0.3 is 9.72 Å². The summed E-state index contributed by atoms with van der Waals surface area (Å²) in [6, 6.07) is 11.8. The van der Waals surface area contributed by atoms with E-state index >= 15 is 0 Å². The Hall–Kier alpha value is -3.87. The number of ether oxygens (including phenoxy) is 1. The van der Waals surface area contributed by atoms with Crippen LogP contribution in [0.25, 0.3) is 39.1 Å². The van der Waals surface area contributed by atoms with E-state index in [0.29, 0.717) is 17.0 Å². The number of methoxy groups -OCH3 is 1. The SMILES string of the molecule is COc1c(C)cc(-c2cnc3[nH]c(=O)n(-c4ccc5[nH]ccc5c4)c3n2)cc1C. The van der Waals surface area contributed by atoms with Crippen LogP contribution in [-0.4, -0.2) is 31.6 Å². The molecule has 0 bridgehead atoms. The van der Waals surface area contributed by atoms with Crippen molar-refractivity contribution in [1.82, 2.24) is 24.5 Å². The molecule has 0 saturated carbocycles. The molecule has 5 rings (SSSR count). The van der Waals surface area contributed by atoms with E-state index in [1.165, 1.54) is 0 Å². The van der Waals surface area contributed by atoms with Crippen LogP contribution in [0.2, 0.25) is 0 Å². The largest absolute Gasteiger partial charge is 0.496 e. The smallest absolute Gasteiger partial charge is 0.333 e. The monoisotopic (exact) mass is 385 g/mol. The number of aryl methyl sites for hydroxylation is 2. The summed E-state index contributed by atoms with van der Waals surface area (Å²) >= 11 is 0. The van der Waals surface area contributed by atoms with Crippen molar-refractivity contribution in [3.8, 4) is 22.7 Å². The molecule has 144 valence electrons. The Labute approximate surface area is 166 Å². The van der Waals surface area contributed by atoms with Crippen molar-refractivity contribution >= 4 is 22.2 Å². The summed E-state index contributed by atoms with van der Waals surface area (Å²) in [5, 5.41) is 1.02. The number of rotatable bonds is 3. The predicted molar refractivity (Wildman–Crippen MR) is 113 cm³/mol. The van der Waals surface area contributed by atoms with Crippen LogP contribution in [0, 0.1) is 13.8 Å². The molecule has 0 atom stereocenters. The number of hydrogen-bond donors (Lipinski definition) is 2. The third-order valence-electron chi connectivity index (χ3n) is 5.15. The van der Waals surface area contributed by atoms with E-state index in [-0.39, 0.29) is 5.69 Å². The Morgan fingerprint density at radius 1 is 1.07 bits per heavy atom. The first-order valence-corrected chi connectivity index (χ1v) is 9.26. The number of aromatic amines is 2. The first kappa shape index (κ1) is 17.2. The molecule has 0 amide bonds. The van der Waals surface area contributed by atoms with E-state index in [1.807, 2.05) is 56.4 Å². The Bertz CT molecular complexity index is 1420. The second kappa shape index (κ2) is 6.34. The maximum atomic E-state index is 12.7. The first-order chi connectivity index (χ1) is 14.0. The second-order valence-corrected chi connectivity index (χ2v) is 7.09. The molecule has 0 saturated heterocycles. The predicted octanol–water partition coefficient (Wildman–Crippen LogP) is 3.88. The summed E-state index contributed by atoms with van der Waals surface area (Å²) in [4.78, 5) is 27.8. The molecule has 0 fully saturated rings. The standard InChI is InChI=1S/C22H19N5O2/c1-12-8-15(9-13(2)19(12)29-3)18-11-24-20-21(25-18)27(22(28)26-20)16-4-5-17-14(10-16)6-7-23-17/h4-11,23H,1-3H3,(H,24,26,28). The minimum atomic E-state index is -0.269. The van der Waals surface area contributed by atoms with Crippen LogP contribution < -0.4 is 10.4 Å². The van der Waals surface area contributed by atoms with Crippen LogP contribution in [0.3, 0.4) is 0 Å². The normalized spacial score (nSPS) is 11.4. The number of fused-ring (bicyclic) bond motifs is 2. The van der Waals surface area contributed by atoms with Gasteiger partial charge in [0.25, 0.3) is 0 Å². The van der Waals surface area contributed by atoms with Crippen molar-refractivity contribution < 1.29 is 4.74 Å². The zero-order valence-corrected chi connectivity index (χ0v) is 16.3. The Morgan fingerprint density at radius 2 is 1.86 bits per heavy atom. The minimum Gasteiger partial charge on any atom is -0.496 e. The summed E-state index contributed by atoms with van der Waals surface area (Å²) in [7, 11) is 1.67. The van der Waals surface area contributed by atoms with Gasteiger partial charge in [0.15, 0.2) is 11.3 Å². The molecule has 7 nitrogen and oxygen atoms in total. The molecule has 7 heteroatoms. The number of imidazole rings is 1. The number of benzene rings is 2. The van der Waals surface area contributed by atoms with Gasteiger partial charge >= 0.3 is 5.69 Å². The lowest BCUT2D eigenvalue weighted by atomic mass is 10.0. The topological polar surface area (TPSA) is 88.6 Å². The maximum Gasteiger partial charge on any atom is 0.333 e. The minimum absolute atomic E-state index is 0.269. The van der Waals surface area contributed by atoms with Gasteiger partial charge in [-0.15, -0.1) is 0 Å². The van der Waals surface area contributed by atoms with Crippen LogP contribution >= 0.6 is 0 Å². The lowest BCUT2D eigenvalue weighted by Crippen LogP contribution is -2.14. The van der Waals surface area contributed by atoms with Gasteiger partial charge in [0, 0.05) is 22.7 Å². The highest BCUT2D eigenvalue weighted by atomic mass is 16.5. The van der Waals surface area contributed by atoms with Gasteiger partial charge in [-0.2, -0.15) is 0 Å². The number of H-pyrrole nitrogens is 2. The van der Waals surface area contributed by atoms with Crippen LogP contribution in [0.5, 0.6) is 5.75 Å². The summed E-state index contributed by atoms with van der Waals surface area (Å²) in [6.45, 7) is 4.00.